The minimum atomic E-state index is 0.234. The van der Waals surface area contributed by atoms with E-state index in [4.69, 9.17) is 0 Å². The Kier molecular flexibility index (Phi) is 3.48. The third kappa shape index (κ3) is 3.19. The molecule has 1 fully saturated rings. The van der Waals surface area contributed by atoms with E-state index in [2.05, 4.69) is 6.58 Å². The number of likely N-dealkylation sites (N-methyl/N-ethyl adjacent to an activating group) is 1. The Balaban J connectivity index is 2.35. The van der Waals surface area contributed by atoms with Gasteiger partial charge in [0, 0.05) is 13.1 Å². The molecule has 0 aliphatic carbocycles. The fourth-order valence-corrected chi connectivity index (χ4v) is 1.44. The molecule has 1 heterocycles. The van der Waals surface area contributed by atoms with Crippen LogP contribution in [0.5, 0.6) is 0 Å². The number of nitrogens with zero attached hydrogens (tertiary/aromatic N) is 2. The molecule has 0 radical (unpaired) electrons. The molecule has 0 aromatic carbocycles. The van der Waals surface area contributed by atoms with E-state index in [1.54, 1.807) is 0 Å². The zero-order chi connectivity index (χ0) is 9.84. The largest absolute Gasteiger partial charge is 0.341 e. The van der Waals surface area contributed by atoms with Crippen LogP contribution in [-0.2, 0) is 4.79 Å². The number of carbonyl (C=O) groups excluding carboxylic acids is 1. The van der Waals surface area contributed by atoms with Crippen LogP contribution in [0.1, 0.15) is 12.8 Å². The highest BCUT2D eigenvalue weighted by Crippen LogP contribution is 2.13. The fraction of sp³-hybridized carbons (Fsp3) is 0.700. The lowest BCUT2D eigenvalue weighted by Crippen LogP contribution is -2.41. The third-order valence-corrected chi connectivity index (χ3v) is 2.27. The van der Waals surface area contributed by atoms with Gasteiger partial charge in [0.2, 0.25) is 5.91 Å². The SMILES string of the molecule is C=C1CCN(C(=O)CN(C)C)CC1. The summed E-state index contributed by atoms with van der Waals surface area (Å²) >= 11 is 0. The minimum absolute atomic E-state index is 0.234. The molecular weight excluding hydrogens is 164 g/mol. The molecule has 0 spiro atoms. The van der Waals surface area contributed by atoms with Gasteiger partial charge in [-0.1, -0.05) is 12.2 Å². The molecule has 74 valence electrons. The summed E-state index contributed by atoms with van der Waals surface area (Å²) in [4.78, 5) is 15.4. The topological polar surface area (TPSA) is 23.6 Å². The summed E-state index contributed by atoms with van der Waals surface area (Å²) in [5.41, 5.74) is 1.27. The maximum atomic E-state index is 11.6. The summed E-state index contributed by atoms with van der Waals surface area (Å²) in [5, 5.41) is 0. The molecule has 3 nitrogen and oxygen atoms in total. The summed E-state index contributed by atoms with van der Waals surface area (Å²) in [7, 11) is 3.83. The Morgan fingerprint density at radius 3 is 2.46 bits per heavy atom. The number of rotatable bonds is 2. The van der Waals surface area contributed by atoms with Gasteiger partial charge in [-0.25, -0.2) is 0 Å². The molecule has 0 unspecified atom stereocenters. The number of hydrogen-bond donors (Lipinski definition) is 0. The van der Waals surface area contributed by atoms with Crippen molar-refractivity contribution < 1.29 is 4.79 Å². The number of hydrogen-bond acceptors (Lipinski definition) is 2. The van der Waals surface area contributed by atoms with Gasteiger partial charge in [-0.15, -0.1) is 0 Å². The van der Waals surface area contributed by atoms with E-state index in [1.807, 2.05) is 23.9 Å². The Morgan fingerprint density at radius 1 is 1.46 bits per heavy atom. The number of carbonyl (C=O) groups is 1. The van der Waals surface area contributed by atoms with Crippen molar-refractivity contribution in [2.75, 3.05) is 33.7 Å². The molecule has 0 bridgehead atoms. The molecule has 13 heavy (non-hydrogen) atoms. The number of piperidine rings is 1. The van der Waals surface area contributed by atoms with Crippen molar-refractivity contribution in [3.05, 3.63) is 12.2 Å². The van der Waals surface area contributed by atoms with Gasteiger partial charge in [0.15, 0.2) is 0 Å². The zero-order valence-corrected chi connectivity index (χ0v) is 8.55. The third-order valence-electron chi connectivity index (χ3n) is 2.27. The van der Waals surface area contributed by atoms with E-state index in [9.17, 15) is 4.79 Å². The Hall–Kier alpha value is -0.830. The predicted octanol–water partition coefficient (Wildman–Crippen LogP) is 0.727. The molecule has 1 saturated heterocycles. The summed E-state index contributed by atoms with van der Waals surface area (Å²) in [6, 6.07) is 0. The summed E-state index contributed by atoms with van der Waals surface area (Å²) in [5.74, 6) is 0.234. The average molecular weight is 182 g/mol. The summed E-state index contributed by atoms with van der Waals surface area (Å²) in [6.07, 6.45) is 1.94. The van der Waals surface area contributed by atoms with Gasteiger partial charge in [0.1, 0.15) is 0 Å². The molecule has 0 aromatic rings. The van der Waals surface area contributed by atoms with E-state index in [0.717, 1.165) is 25.9 Å². The lowest BCUT2D eigenvalue weighted by molar-refractivity contribution is -0.132. The van der Waals surface area contributed by atoms with Crippen molar-refractivity contribution in [3.8, 4) is 0 Å². The highest BCUT2D eigenvalue weighted by atomic mass is 16.2. The van der Waals surface area contributed by atoms with Crippen LogP contribution in [0.15, 0.2) is 12.2 Å². The molecule has 3 heteroatoms. The summed E-state index contributed by atoms with van der Waals surface area (Å²) in [6.45, 7) is 6.15. The smallest absolute Gasteiger partial charge is 0.236 e. The molecule has 1 aliphatic rings. The van der Waals surface area contributed by atoms with E-state index in [1.165, 1.54) is 5.57 Å². The quantitative estimate of drug-likeness (QED) is 0.588. The maximum absolute atomic E-state index is 11.6. The molecule has 1 amide bonds. The molecule has 1 aliphatic heterocycles. The lowest BCUT2D eigenvalue weighted by atomic mass is 10.1. The molecular formula is C10H18N2O. The Labute approximate surface area is 80.0 Å². The maximum Gasteiger partial charge on any atom is 0.236 e. The van der Waals surface area contributed by atoms with Crippen molar-refractivity contribution in [1.82, 2.24) is 9.80 Å². The average Bonchev–Trinajstić information content (AvgIpc) is 2.04. The van der Waals surface area contributed by atoms with Gasteiger partial charge in [-0.2, -0.15) is 0 Å². The lowest BCUT2D eigenvalue weighted by Gasteiger charge is -2.29. The van der Waals surface area contributed by atoms with E-state index < -0.39 is 0 Å². The van der Waals surface area contributed by atoms with Gasteiger partial charge < -0.3 is 9.80 Å². The molecule has 0 saturated carbocycles. The highest BCUT2D eigenvalue weighted by Gasteiger charge is 2.17. The van der Waals surface area contributed by atoms with Crippen LogP contribution in [0, 0.1) is 0 Å². The van der Waals surface area contributed by atoms with Crippen LogP contribution in [-0.4, -0.2) is 49.4 Å². The Morgan fingerprint density at radius 2 is 2.00 bits per heavy atom. The first-order chi connectivity index (χ1) is 6.09. The fourth-order valence-electron chi connectivity index (χ4n) is 1.44. The first kappa shape index (κ1) is 10.3. The van der Waals surface area contributed by atoms with Crippen LogP contribution in [0.3, 0.4) is 0 Å². The van der Waals surface area contributed by atoms with Crippen LogP contribution in [0.2, 0.25) is 0 Å². The molecule has 0 N–H and O–H groups in total. The van der Waals surface area contributed by atoms with Crippen molar-refractivity contribution in [1.29, 1.82) is 0 Å². The van der Waals surface area contributed by atoms with E-state index in [-0.39, 0.29) is 5.91 Å². The van der Waals surface area contributed by atoms with Crippen LogP contribution < -0.4 is 0 Å². The second-order valence-electron chi connectivity index (χ2n) is 3.87. The number of likely N-dealkylation sites (tertiary alicyclic amines) is 1. The summed E-state index contributed by atoms with van der Waals surface area (Å²) < 4.78 is 0. The normalized spacial score (nSPS) is 18.1. The highest BCUT2D eigenvalue weighted by molar-refractivity contribution is 5.78. The van der Waals surface area contributed by atoms with Gasteiger partial charge >= 0.3 is 0 Å². The molecule has 1 rings (SSSR count). The van der Waals surface area contributed by atoms with Gasteiger partial charge in [0.05, 0.1) is 6.54 Å². The van der Waals surface area contributed by atoms with Crippen LogP contribution >= 0.6 is 0 Å². The van der Waals surface area contributed by atoms with Crippen molar-refractivity contribution >= 4 is 5.91 Å². The minimum Gasteiger partial charge on any atom is -0.341 e. The first-order valence-corrected chi connectivity index (χ1v) is 4.69. The van der Waals surface area contributed by atoms with E-state index >= 15 is 0 Å². The predicted molar refractivity (Wildman–Crippen MR) is 53.5 cm³/mol. The van der Waals surface area contributed by atoms with Gasteiger partial charge in [-0.3, -0.25) is 4.79 Å². The standard InChI is InChI=1S/C10H18N2O/c1-9-4-6-12(7-5-9)10(13)8-11(2)3/h1,4-8H2,2-3H3. The van der Waals surface area contributed by atoms with E-state index in [0.29, 0.717) is 6.54 Å². The second-order valence-corrected chi connectivity index (χ2v) is 3.87. The van der Waals surface area contributed by atoms with Crippen LogP contribution in [0.25, 0.3) is 0 Å². The van der Waals surface area contributed by atoms with Crippen molar-refractivity contribution in [2.24, 2.45) is 0 Å². The molecule has 0 aromatic heterocycles. The zero-order valence-electron chi connectivity index (χ0n) is 8.55. The van der Waals surface area contributed by atoms with Crippen molar-refractivity contribution in [3.63, 3.8) is 0 Å². The van der Waals surface area contributed by atoms with Gasteiger partial charge in [-0.05, 0) is 26.9 Å². The Bertz CT molecular complexity index is 201. The van der Waals surface area contributed by atoms with Crippen molar-refractivity contribution in [2.45, 2.75) is 12.8 Å². The van der Waals surface area contributed by atoms with Gasteiger partial charge in [0.25, 0.3) is 0 Å². The second kappa shape index (κ2) is 4.42. The van der Waals surface area contributed by atoms with Crippen LogP contribution in [0.4, 0.5) is 0 Å². The molecule has 0 atom stereocenters. The number of amides is 1. The monoisotopic (exact) mass is 182 g/mol. The first-order valence-electron chi connectivity index (χ1n) is 4.69.